The molecule has 4 heterocycles. The van der Waals surface area contributed by atoms with E-state index in [-0.39, 0.29) is 34.8 Å². The van der Waals surface area contributed by atoms with E-state index in [1.807, 2.05) is 46.9 Å². The van der Waals surface area contributed by atoms with Gasteiger partial charge in [0.05, 0.1) is 26.9 Å². The monoisotopic (exact) mass is 798 g/mol. The van der Waals surface area contributed by atoms with E-state index in [0.717, 1.165) is 5.39 Å². The van der Waals surface area contributed by atoms with Crippen LogP contribution < -0.4 is 20.1 Å². The van der Waals surface area contributed by atoms with Crippen molar-refractivity contribution in [1.29, 1.82) is 0 Å². The lowest BCUT2D eigenvalue weighted by molar-refractivity contribution is -0.154. The molecule has 2 aliphatic heterocycles. The average molecular weight is 799 g/mol. The minimum absolute atomic E-state index is 0.1000. The molecule has 4 aromatic rings. The predicted octanol–water partition coefficient (Wildman–Crippen LogP) is 3.09. The molecule has 2 fully saturated rings. The molecule has 0 radical (unpaired) electrons. The van der Waals surface area contributed by atoms with Gasteiger partial charge in [0.25, 0.3) is 0 Å². The number of methoxy groups -OCH3 is 1. The maximum absolute atomic E-state index is 14.5. The highest BCUT2D eigenvalue weighted by molar-refractivity contribution is 14.1. The molecule has 6 atom stereocenters. The Hall–Kier alpha value is -3.16. The van der Waals surface area contributed by atoms with Crippen molar-refractivity contribution in [1.82, 2.24) is 24.6 Å². The van der Waals surface area contributed by atoms with Crippen molar-refractivity contribution in [2.45, 2.75) is 62.9 Å². The summed E-state index contributed by atoms with van der Waals surface area (Å²) in [5, 5.41) is 27.0. The van der Waals surface area contributed by atoms with Gasteiger partial charge in [-0.25, -0.2) is 9.55 Å². The first kappa shape index (κ1) is 34.7. The zero-order chi connectivity index (χ0) is 34.2. The van der Waals surface area contributed by atoms with Crippen LogP contribution in [-0.4, -0.2) is 92.6 Å². The summed E-state index contributed by atoms with van der Waals surface area (Å²) in [5.74, 6) is -0.394. The van der Waals surface area contributed by atoms with E-state index in [1.54, 1.807) is 18.2 Å². The van der Waals surface area contributed by atoms with E-state index in [1.165, 1.54) is 25.5 Å². The Morgan fingerprint density at radius 2 is 1.94 bits per heavy atom. The molecule has 2 aliphatic rings. The van der Waals surface area contributed by atoms with Gasteiger partial charge in [-0.1, -0.05) is 36.4 Å². The highest BCUT2D eigenvalue weighted by atomic mass is 127. The molecule has 1 unspecified atom stereocenters. The van der Waals surface area contributed by atoms with E-state index >= 15 is 0 Å². The SMILES string of the molecule is COc1nc(N)nc2c1nc(I)n2[C@@H]1O[C@H](COP(=O)(N[C@@H](C)C(=O)OC2CCOCC2)Oc2cccc3ccccc23)[C@@H](O)[C@@]1(C)O. The van der Waals surface area contributed by atoms with E-state index in [4.69, 9.17) is 33.7 Å². The molecule has 258 valence electrons. The molecule has 18 heteroatoms. The Morgan fingerprint density at radius 1 is 1.21 bits per heavy atom. The summed E-state index contributed by atoms with van der Waals surface area (Å²) in [4.78, 5) is 25.8. The average Bonchev–Trinajstić information content (AvgIpc) is 3.50. The van der Waals surface area contributed by atoms with Crippen molar-refractivity contribution >= 4 is 64.2 Å². The van der Waals surface area contributed by atoms with Crippen LogP contribution in [0.25, 0.3) is 21.9 Å². The lowest BCUT2D eigenvalue weighted by atomic mass is 9.96. The minimum Gasteiger partial charge on any atom is -0.479 e. The number of aromatic nitrogens is 4. The molecule has 0 aliphatic carbocycles. The number of anilines is 1. The Bertz CT molecular complexity index is 1850. The Kier molecular flexibility index (Phi) is 10.1. The number of nitrogens with one attached hydrogen (secondary N) is 1. The van der Waals surface area contributed by atoms with Crippen LogP contribution in [0.5, 0.6) is 11.6 Å². The second-order valence-electron chi connectivity index (χ2n) is 11.7. The summed E-state index contributed by atoms with van der Waals surface area (Å²) in [6.07, 6.45) is -3.24. The number of rotatable bonds is 11. The van der Waals surface area contributed by atoms with Crippen LogP contribution >= 0.6 is 30.3 Å². The van der Waals surface area contributed by atoms with Crippen molar-refractivity contribution in [3.8, 4) is 11.6 Å². The van der Waals surface area contributed by atoms with Crippen LogP contribution in [0.2, 0.25) is 0 Å². The fourth-order valence-electron chi connectivity index (χ4n) is 5.66. The van der Waals surface area contributed by atoms with Crippen molar-refractivity contribution in [2.75, 3.05) is 32.7 Å². The molecule has 0 bridgehead atoms. The molecule has 0 saturated carbocycles. The summed E-state index contributed by atoms with van der Waals surface area (Å²) in [5.41, 5.74) is 4.45. The highest BCUT2D eigenvalue weighted by Crippen LogP contribution is 2.49. The number of hydrogen-bond donors (Lipinski definition) is 4. The number of nitrogen functional groups attached to an aromatic ring is 1. The van der Waals surface area contributed by atoms with Gasteiger partial charge in [-0.2, -0.15) is 15.1 Å². The van der Waals surface area contributed by atoms with Crippen LogP contribution in [-0.2, 0) is 28.1 Å². The number of nitrogens with two attached hydrogens (primary N) is 1. The van der Waals surface area contributed by atoms with Gasteiger partial charge in [0.1, 0.15) is 35.7 Å². The molecule has 48 heavy (non-hydrogen) atoms. The summed E-state index contributed by atoms with van der Waals surface area (Å²) >= 11 is 1.93. The lowest BCUT2D eigenvalue weighted by Crippen LogP contribution is -2.45. The van der Waals surface area contributed by atoms with Crippen LogP contribution in [0.4, 0.5) is 5.95 Å². The number of carbonyl (C=O) groups excluding carboxylic acids is 1. The van der Waals surface area contributed by atoms with Gasteiger partial charge in [-0.3, -0.25) is 13.9 Å². The summed E-state index contributed by atoms with van der Waals surface area (Å²) < 4.78 is 50.6. The summed E-state index contributed by atoms with van der Waals surface area (Å²) in [7, 11) is -2.99. The fourth-order valence-corrected chi connectivity index (χ4v) is 7.90. The number of hydrogen-bond acceptors (Lipinski definition) is 14. The normalized spacial score (nSPS) is 25.2. The topological polar surface area (TPSA) is 212 Å². The van der Waals surface area contributed by atoms with E-state index < -0.39 is 50.4 Å². The molecule has 16 nitrogen and oxygen atoms in total. The highest BCUT2D eigenvalue weighted by Gasteiger charge is 2.55. The molecule has 5 N–H and O–H groups in total. The second kappa shape index (κ2) is 14.0. The van der Waals surface area contributed by atoms with E-state index in [0.29, 0.717) is 35.3 Å². The van der Waals surface area contributed by atoms with Gasteiger partial charge in [0.2, 0.25) is 11.8 Å². The van der Waals surface area contributed by atoms with Crippen molar-refractivity contribution < 1.29 is 47.6 Å². The summed E-state index contributed by atoms with van der Waals surface area (Å²) in [6.45, 7) is 3.29. The van der Waals surface area contributed by atoms with Gasteiger partial charge in [0, 0.05) is 40.8 Å². The Labute approximate surface area is 288 Å². The number of imidazole rings is 1. The van der Waals surface area contributed by atoms with Crippen molar-refractivity contribution in [3.63, 3.8) is 0 Å². The molecule has 2 aromatic carbocycles. The van der Waals surface area contributed by atoms with Crippen molar-refractivity contribution in [3.05, 3.63) is 46.3 Å². The first-order valence-corrected chi connectivity index (χ1v) is 17.8. The van der Waals surface area contributed by atoms with Gasteiger partial charge in [-0.05, 0) is 25.3 Å². The number of halogens is 1. The molecule has 6 rings (SSSR count). The zero-order valence-corrected chi connectivity index (χ0v) is 29.4. The van der Waals surface area contributed by atoms with E-state index in [2.05, 4.69) is 20.0 Å². The predicted molar refractivity (Wildman–Crippen MR) is 180 cm³/mol. The van der Waals surface area contributed by atoms with Gasteiger partial charge >= 0.3 is 13.7 Å². The van der Waals surface area contributed by atoms with Gasteiger partial charge in [0.15, 0.2) is 21.2 Å². The third-order valence-electron chi connectivity index (χ3n) is 8.20. The Balaban J connectivity index is 1.26. The molecular weight excluding hydrogens is 762 g/mol. The van der Waals surface area contributed by atoms with E-state index in [9.17, 15) is 19.6 Å². The number of fused-ring (bicyclic) bond motifs is 2. The Morgan fingerprint density at radius 3 is 2.69 bits per heavy atom. The quantitative estimate of drug-likeness (QED) is 0.0744. The number of esters is 1. The summed E-state index contributed by atoms with van der Waals surface area (Å²) in [6, 6.07) is 11.5. The molecule has 2 aromatic heterocycles. The number of aliphatic hydroxyl groups is 2. The third-order valence-corrected chi connectivity index (χ3v) is 10.6. The number of nitrogens with zero attached hydrogens (tertiary/aromatic N) is 4. The lowest BCUT2D eigenvalue weighted by Gasteiger charge is -2.28. The van der Waals surface area contributed by atoms with Crippen LogP contribution in [0.1, 0.15) is 32.9 Å². The number of carbonyl (C=O) groups is 1. The van der Waals surface area contributed by atoms with Crippen LogP contribution in [0, 0.1) is 3.83 Å². The molecule has 0 spiro atoms. The smallest absolute Gasteiger partial charge is 0.459 e. The number of ether oxygens (including phenoxy) is 4. The number of aliphatic hydroxyl groups excluding tert-OH is 1. The van der Waals surface area contributed by atoms with Crippen LogP contribution in [0.15, 0.2) is 42.5 Å². The molecule has 2 saturated heterocycles. The second-order valence-corrected chi connectivity index (χ2v) is 14.3. The van der Waals surface area contributed by atoms with Crippen molar-refractivity contribution in [2.24, 2.45) is 0 Å². The largest absolute Gasteiger partial charge is 0.479 e. The van der Waals surface area contributed by atoms with Gasteiger partial charge in [-0.15, -0.1) is 0 Å². The first-order valence-electron chi connectivity index (χ1n) is 15.2. The number of benzene rings is 2. The maximum Gasteiger partial charge on any atom is 0.459 e. The molecular formula is C30H36IN6O10P. The maximum atomic E-state index is 14.5. The molecule has 0 amide bonds. The van der Waals surface area contributed by atoms with Crippen LogP contribution in [0.3, 0.4) is 0 Å². The zero-order valence-electron chi connectivity index (χ0n) is 26.3. The minimum atomic E-state index is -4.40. The third kappa shape index (κ3) is 6.96. The van der Waals surface area contributed by atoms with Gasteiger partial charge < -0.3 is 39.4 Å². The first-order chi connectivity index (χ1) is 22.9. The standard InChI is InChI=1S/C30H36IN6O10P/c1-16(26(39)45-18-11-13-43-14-12-18)36-48(41,47-20-10-6-8-17-7-4-5-9-19(17)20)44-15-21-23(38)30(2,40)27(46-21)37-24-22(33-28(37)31)25(42-3)35-29(32)34-24/h4-10,16,18,21,23,27,38,40H,11-15H2,1-3H3,(H,36,41)(H2,32,34,35)/t16-,21+,23+,27+,30+,48?/m0/s1. The fraction of sp³-hybridized carbons (Fsp3) is 0.467.